The van der Waals surface area contributed by atoms with Gasteiger partial charge < -0.3 is 10.6 Å². The minimum atomic E-state index is -0.0703. The Balaban J connectivity index is 1.84. The quantitative estimate of drug-likeness (QED) is 0.760. The van der Waals surface area contributed by atoms with Crippen LogP contribution < -0.4 is 10.6 Å². The first-order valence-corrected chi connectivity index (χ1v) is 6.59. The van der Waals surface area contributed by atoms with Crippen LogP contribution in [0.3, 0.4) is 0 Å². The van der Waals surface area contributed by atoms with Crippen LogP contribution in [0.1, 0.15) is 39.5 Å². The van der Waals surface area contributed by atoms with Gasteiger partial charge in [-0.15, -0.1) is 0 Å². The number of hydrogen-bond acceptors (Lipinski definition) is 2. The van der Waals surface area contributed by atoms with Crippen LogP contribution >= 0.6 is 0 Å². The molecule has 3 heteroatoms. The summed E-state index contributed by atoms with van der Waals surface area (Å²) in [5.41, 5.74) is 0. The molecule has 16 heavy (non-hydrogen) atoms. The van der Waals surface area contributed by atoms with E-state index in [0.717, 1.165) is 17.8 Å². The fourth-order valence-electron chi connectivity index (χ4n) is 3.72. The molecule has 0 aromatic carbocycles. The second-order valence-electron chi connectivity index (χ2n) is 5.63. The predicted octanol–water partition coefficient (Wildman–Crippen LogP) is 1.54. The Labute approximate surface area is 98.4 Å². The van der Waals surface area contributed by atoms with Crippen molar-refractivity contribution in [2.24, 2.45) is 17.8 Å². The van der Waals surface area contributed by atoms with Gasteiger partial charge in [0.15, 0.2) is 0 Å². The van der Waals surface area contributed by atoms with Crippen LogP contribution in [0, 0.1) is 17.8 Å². The van der Waals surface area contributed by atoms with Gasteiger partial charge in [0.1, 0.15) is 0 Å². The van der Waals surface area contributed by atoms with Gasteiger partial charge in [0.25, 0.3) is 0 Å². The number of hydrogen-bond donors (Lipinski definition) is 2. The molecule has 0 heterocycles. The molecule has 92 valence electrons. The summed E-state index contributed by atoms with van der Waals surface area (Å²) in [5.74, 6) is 2.79. The molecule has 3 nitrogen and oxygen atoms in total. The number of carbonyl (C=O) groups is 1. The Kier molecular flexibility index (Phi) is 3.53. The molecule has 1 amide bonds. The van der Waals surface area contributed by atoms with Gasteiger partial charge in [-0.05, 0) is 50.9 Å². The minimum Gasteiger partial charge on any atom is -0.358 e. The van der Waals surface area contributed by atoms with Crippen molar-refractivity contribution in [2.45, 2.75) is 51.6 Å². The third-order valence-corrected chi connectivity index (χ3v) is 4.59. The summed E-state index contributed by atoms with van der Waals surface area (Å²) < 4.78 is 0. The van der Waals surface area contributed by atoms with Gasteiger partial charge in [0.2, 0.25) is 5.91 Å². The minimum absolute atomic E-state index is 0.0703. The molecule has 0 spiro atoms. The molecular formula is C13H24N2O. The molecule has 0 aromatic heterocycles. The van der Waals surface area contributed by atoms with Gasteiger partial charge in [-0.1, -0.05) is 6.42 Å². The number of rotatable bonds is 4. The lowest BCUT2D eigenvalue weighted by atomic mass is 9.84. The topological polar surface area (TPSA) is 41.1 Å². The Morgan fingerprint density at radius 1 is 1.25 bits per heavy atom. The second kappa shape index (κ2) is 4.74. The lowest BCUT2D eigenvalue weighted by Crippen LogP contribution is -2.48. The summed E-state index contributed by atoms with van der Waals surface area (Å²) in [5, 5.41) is 6.14. The maximum absolute atomic E-state index is 11.4. The summed E-state index contributed by atoms with van der Waals surface area (Å²) in [6.07, 6.45) is 5.67. The number of fused-ring (bicyclic) bond motifs is 2. The van der Waals surface area contributed by atoms with Crippen LogP contribution in [0.25, 0.3) is 0 Å². The summed E-state index contributed by atoms with van der Waals surface area (Å²) in [7, 11) is 1.70. The molecule has 2 rings (SSSR count). The average Bonchev–Trinajstić information content (AvgIpc) is 2.89. The first-order valence-electron chi connectivity index (χ1n) is 6.59. The molecule has 0 aliphatic heterocycles. The summed E-state index contributed by atoms with van der Waals surface area (Å²) >= 11 is 0. The van der Waals surface area contributed by atoms with E-state index >= 15 is 0 Å². The van der Waals surface area contributed by atoms with Gasteiger partial charge in [0, 0.05) is 13.1 Å². The predicted molar refractivity (Wildman–Crippen MR) is 65.1 cm³/mol. The Morgan fingerprint density at radius 2 is 2.00 bits per heavy atom. The highest BCUT2D eigenvalue weighted by atomic mass is 16.2. The first kappa shape index (κ1) is 11.9. The number of likely N-dealkylation sites (N-methyl/N-ethyl adjacent to an activating group) is 1. The number of nitrogens with one attached hydrogen (secondary N) is 2. The van der Waals surface area contributed by atoms with E-state index in [-0.39, 0.29) is 11.9 Å². The van der Waals surface area contributed by atoms with Gasteiger partial charge in [-0.3, -0.25) is 4.79 Å². The highest BCUT2D eigenvalue weighted by molar-refractivity contribution is 5.80. The zero-order valence-corrected chi connectivity index (χ0v) is 10.6. The van der Waals surface area contributed by atoms with Crippen molar-refractivity contribution < 1.29 is 4.79 Å². The lowest BCUT2D eigenvalue weighted by Gasteiger charge is -2.30. The van der Waals surface area contributed by atoms with Crippen molar-refractivity contribution in [1.82, 2.24) is 10.6 Å². The highest BCUT2D eigenvalue weighted by Crippen LogP contribution is 2.49. The molecule has 5 unspecified atom stereocenters. The van der Waals surface area contributed by atoms with E-state index in [4.69, 9.17) is 0 Å². The third kappa shape index (κ3) is 2.24. The van der Waals surface area contributed by atoms with E-state index < -0.39 is 0 Å². The van der Waals surface area contributed by atoms with Crippen LogP contribution in [0.15, 0.2) is 0 Å². The molecule has 2 saturated carbocycles. The molecule has 5 atom stereocenters. The van der Waals surface area contributed by atoms with Crippen molar-refractivity contribution in [2.75, 3.05) is 7.05 Å². The number of amides is 1. The molecular weight excluding hydrogens is 200 g/mol. The normalized spacial score (nSPS) is 36.1. The zero-order valence-electron chi connectivity index (χ0n) is 10.6. The largest absolute Gasteiger partial charge is 0.358 e. The van der Waals surface area contributed by atoms with E-state index in [2.05, 4.69) is 17.6 Å². The van der Waals surface area contributed by atoms with Crippen LogP contribution in [0.2, 0.25) is 0 Å². The fourth-order valence-corrected chi connectivity index (χ4v) is 3.72. The van der Waals surface area contributed by atoms with E-state index in [0.29, 0.717) is 6.04 Å². The standard InChI is InChI=1S/C13H24N2O/c1-8(15-9(2)13(16)14-3)12-7-10-4-5-11(12)6-10/h8-12,15H,4-7H2,1-3H3,(H,14,16). The van der Waals surface area contributed by atoms with Gasteiger partial charge in [0.05, 0.1) is 6.04 Å². The number of carbonyl (C=O) groups excluding carboxylic acids is 1. The molecule has 0 radical (unpaired) electrons. The second-order valence-corrected chi connectivity index (χ2v) is 5.63. The molecule has 2 aliphatic carbocycles. The van der Waals surface area contributed by atoms with Gasteiger partial charge in [-0.2, -0.15) is 0 Å². The average molecular weight is 224 g/mol. The zero-order chi connectivity index (χ0) is 11.7. The van der Waals surface area contributed by atoms with Crippen molar-refractivity contribution in [3.63, 3.8) is 0 Å². The molecule has 2 fully saturated rings. The van der Waals surface area contributed by atoms with Crippen LogP contribution in [0.5, 0.6) is 0 Å². The van der Waals surface area contributed by atoms with E-state index in [1.165, 1.54) is 25.7 Å². The molecule has 0 saturated heterocycles. The highest BCUT2D eigenvalue weighted by Gasteiger charge is 2.42. The maximum atomic E-state index is 11.4. The summed E-state index contributed by atoms with van der Waals surface area (Å²) in [6.45, 7) is 4.19. The summed E-state index contributed by atoms with van der Waals surface area (Å²) in [4.78, 5) is 11.4. The lowest BCUT2D eigenvalue weighted by molar-refractivity contribution is -0.122. The molecule has 0 aromatic rings. The molecule has 2 N–H and O–H groups in total. The van der Waals surface area contributed by atoms with E-state index in [9.17, 15) is 4.79 Å². The van der Waals surface area contributed by atoms with Crippen molar-refractivity contribution >= 4 is 5.91 Å². The Bertz CT molecular complexity index is 267. The fraction of sp³-hybridized carbons (Fsp3) is 0.923. The van der Waals surface area contributed by atoms with Crippen molar-refractivity contribution in [3.05, 3.63) is 0 Å². The van der Waals surface area contributed by atoms with Crippen molar-refractivity contribution in [1.29, 1.82) is 0 Å². The maximum Gasteiger partial charge on any atom is 0.236 e. The van der Waals surface area contributed by atoms with E-state index in [1.807, 2.05) is 6.92 Å². The third-order valence-electron chi connectivity index (χ3n) is 4.59. The first-order chi connectivity index (χ1) is 7.61. The Hall–Kier alpha value is -0.570. The van der Waals surface area contributed by atoms with Crippen LogP contribution in [-0.4, -0.2) is 25.0 Å². The van der Waals surface area contributed by atoms with Crippen LogP contribution in [-0.2, 0) is 4.79 Å². The van der Waals surface area contributed by atoms with Gasteiger partial charge in [-0.25, -0.2) is 0 Å². The van der Waals surface area contributed by atoms with Crippen LogP contribution in [0.4, 0.5) is 0 Å². The van der Waals surface area contributed by atoms with Gasteiger partial charge >= 0.3 is 0 Å². The van der Waals surface area contributed by atoms with E-state index in [1.54, 1.807) is 7.05 Å². The SMILES string of the molecule is CNC(=O)C(C)NC(C)C1CC2CCC1C2. The molecule has 2 aliphatic rings. The smallest absolute Gasteiger partial charge is 0.236 e. The van der Waals surface area contributed by atoms with Crippen molar-refractivity contribution in [3.8, 4) is 0 Å². The Morgan fingerprint density at radius 3 is 2.50 bits per heavy atom. The monoisotopic (exact) mass is 224 g/mol. The molecule has 2 bridgehead atoms. The summed E-state index contributed by atoms with van der Waals surface area (Å²) in [6, 6.07) is 0.404.